The van der Waals surface area contributed by atoms with Gasteiger partial charge in [-0.15, -0.1) is 11.3 Å². The molecule has 0 radical (unpaired) electrons. The molecule has 4 heteroatoms. The Morgan fingerprint density at radius 3 is 2.75 bits per heavy atom. The summed E-state index contributed by atoms with van der Waals surface area (Å²) in [5.74, 6) is 0. The van der Waals surface area contributed by atoms with Crippen molar-refractivity contribution in [1.29, 1.82) is 0 Å². The van der Waals surface area contributed by atoms with E-state index in [2.05, 4.69) is 36.5 Å². The first-order valence-electron chi connectivity index (χ1n) is 5.46. The van der Waals surface area contributed by atoms with Crippen LogP contribution in [0.3, 0.4) is 0 Å². The van der Waals surface area contributed by atoms with Gasteiger partial charge < -0.3 is 5.73 Å². The summed E-state index contributed by atoms with van der Waals surface area (Å²) < 4.78 is 1.98. The molecule has 0 saturated carbocycles. The van der Waals surface area contributed by atoms with Crippen molar-refractivity contribution in [2.45, 2.75) is 33.4 Å². The first kappa shape index (κ1) is 11.4. The van der Waals surface area contributed by atoms with Gasteiger partial charge in [0, 0.05) is 11.4 Å². The Balaban J connectivity index is 2.36. The summed E-state index contributed by atoms with van der Waals surface area (Å²) in [6, 6.07) is 4.16. The predicted molar refractivity (Wildman–Crippen MR) is 67.7 cm³/mol. The molecule has 1 unspecified atom stereocenters. The lowest BCUT2D eigenvalue weighted by molar-refractivity contribution is 0.598. The molecular weight excluding hydrogens is 218 g/mol. The van der Waals surface area contributed by atoms with Crippen LogP contribution in [0.1, 0.15) is 34.8 Å². The number of aromatic nitrogens is 2. The van der Waals surface area contributed by atoms with Gasteiger partial charge in [-0.25, -0.2) is 0 Å². The molecule has 0 aliphatic heterocycles. The van der Waals surface area contributed by atoms with E-state index < -0.39 is 0 Å². The summed E-state index contributed by atoms with van der Waals surface area (Å²) in [7, 11) is 0. The first-order valence-corrected chi connectivity index (χ1v) is 6.34. The molecule has 0 aliphatic rings. The van der Waals surface area contributed by atoms with Crippen molar-refractivity contribution in [3.8, 4) is 0 Å². The number of hydrogen-bond donors (Lipinski definition) is 1. The molecule has 1 atom stereocenters. The molecule has 0 spiro atoms. The van der Waals surface area contributed by atoms with Crippen LogP contribution < -0.4 is 5.73 Å². The minimum atomic E-state index is -0.0638. The number of rotatable bonds is 3. The van der Waals surface area contributed by atoms with Gasteiger partial charge in [-0.05, 0) is 43.8 Å². The molecule has 2 aromatic heterocycles. The topological polar surface area (TPSA) is 43.8 Å². The third-order valence-electron chi connectivity index (χ3n) is 2.66. The van der Waals surface area contributed by atoms with E-state index in [9.17, 15) is 0 Å². The van der Waals surface area contributed by atoms with E-state index in [0.29, 0.717) is 0 Å². The van der Waals surface area contributed by atoms with Crippen LogP contribution in [0.5, 0.6) is 0 Å². The van der Waals surface area contributed by atoms with E-state index in [-0.39, 0.29) is 6.04 Å². The highest BCUT2D eigenvalue weighted by Gasteiger charge is 2.15. The molecule has 0 bridgehead atoms. The van der Waals surface area contributed by atoms with Crippen molar-refractivity contribution in [3.63, 3.8) is 0 Å². The SMILES string of the molecule is CCn1nc(C)cc1C(N)c1csc(C)c1. The minimum Gasteiger partial charge on any atom is -0.319 e. The third kappa shape index (κ3) is 2.03. The van der Waals surface area contributed by atoms with Gasteiger partial charge in [0.15, 0.2) is 0 Å². The Hall–Kier alpha value is -1.13. The molecule has 0 amide bonds. The van der Waals surface area contributed by atoms with Crippen LogP contribution in [-0.2, 0) is 6.54 Å². The Kier molecular flexibility index (Phi) is 3.12. The molecule has 3 nitrogen and oxygen atoms in total. The molecule has 0 fully saturated rings. The number of nitrogens with two attached hydrogens (primary N) is 1. The van der Waals surface area contributed by atoms with E-state index in [4.69, 9.17) is 5.73 Å². The van der Waals surface area contributed by atoms with Gasteiger partial charge in [-0.3, -0.25) is 4.68 Å². The molecule has 0 aromatic carbocycles. The fourth-order valence-electron chi connectivity index (χ4n) is 1.87. The van der Waals surface area contributed by atoms with E-state index >= 15 is 0 Å². The molecule has 2 N–H and O–H groups in total. The Labute approximate surface area is 99.9 Å². The molecule has 0 saturated heterocycles. The van der Waals surface area contributed by atoms with Crippen molar-refractivity contribution < 1.29 is 0 Å². The van der Waals surface area contributed by atoms with Gasteiger partial charge in [0.05, 0.1) is 17.4 Å². The van der Waals surface area contributed by atoms with E-state index in [0.717, 1.165) is 17.9 Å². The van der Waals surface area contributed by atoms with Crippen molar-refractivity contribution in [2.24, 2.45) is 5.73 Å². The smallest absolute Gasteiger partial charge is 0.0731 e. The van der Waals surface area contributed by atoms with Gasteiger partial charge in [0.25, 0.3) is 0 Å². The van der Waals surface area contributed by atoms with E-state index in [1.807, 2.05) is 11.6 Å². The van der Waals surface area contributed by atoms with Crippen LogP contribution >= 0.6 is 11.3 Å². The summed E-state index contributed by atoms with van der Waals surface area (Å²) >= 11 is 1.74. The average molecular weight is 235 g/mol. The lowest BCUT2D eigenvalue weighted by Crippen LogP contribution is -2.16. The highest BCUT2D eigenvalue weighted by atomic mass is 32.1. The lowest BCUT2D eigenvalue weighted by Gasteiger charge is -2.11. The van der Waals surface area contributed by atoms with Crippen LogP contribution in [0.4, 0.5) is 0 Å². The van der Waals surface area contributed by atoms with Gasteiger partial charge in [-0.1, -0.05) is 0 Å². The predicted octanol–water partition coefficient (Wildman–Crippen LogP) is 2.63. The maximum Gasteiger partial charge on any atom is 0.0731 e. The van der Waals surface area contributed by atoms with Gasteiger partial charge in [-0.2, -0.15) is 5.10 Å². The highest BCUT2D eigenvalue weighted by molar-refractivity contribution is 7.10. The summed E-state index contributed by atoms with van der Waals surface area (Å²) in [4.78, 5) is 1.30. The number of aryl methyl sites for hydroxylation is 3. The highest BCUT2D eigenvalue weighted by Crippen LogP contribution is 2.24. The molecule has 2 rings (SSSR count). The monoisotopic (exact) mass is 235 g/mol. The Bertz CT molecular complexity index is 484. The zero-order valence-corrected chi connectivity index (χ0v) is 10.7. The summed E-state index contributed by atoms with van der Waals surface area (Å²) in [6.07, 6.45) is 0. The van der Waals surface area contributed by atoms with Crippen LogP contribution in [0.25, 0.3) is 0 Å². The third-order valence-corrected chi connectivity index (χ3v) is 3.54. The number of hydrogen-bond acceptors (Lipinski definition) is 3. The second-order valence-electron chi connectivity index (χ2n) is 3.99. The second-order valence-corrected chi connectivity index (χ2v) is 5.11. The molecule has 0 aliphatic carbocycles. The maximum atomic E-state index is 6.27. The maximum absolute atomic E-state index is 6.27. The van der Waals surface area contributed by atoms with Gasteiger partial charge in [0.2, 0.25) is 0 Å². The van der Waals surface area contributed by atoms with Gasteiger partial charge in [0.1, 0.15) is 0 Å². The Morgan fingerprint density at radius 1 is 1.44 bits per heavy atom. The molecule has 86 valence electrons. The lowest BCUT2D eigenvalue weighted by atomic mass is 10.1. The Morgan fingerprint density at radius 2 is 2.19 bits per heavy atom. The largest absolute Gasteiger partial charge is 0.319 e. The van der Waals surface area contributed by atoms with Crippen molar-refractivity contribution in [1.82, 2.24) is 9.78 Å². The first-order chi connectivity index (χ1) is 7.61. The molecule has 2 aromatic rings. The standard InChI is InChI=1S/C12H17N3S/c1-4-15-11(5-8(2)14-15)12(13)10-6-9(3)16-7-10/h5-7,12H,4,13H2,1-3H3. The van der Waals surface area contributed by atoms with Crippen LogP contribution in [0, 0.1) is 13.8 Å². The second kappa shape index (κ2) is 4.39. The molecule has 2 heterocycles. The number of thiophene rings is 1. The fourth-order valence-corrected chi connectivity index (χ4v) is 2.61. The van der Waals surface area contributed by atoms with Crippen molar-refractivity contribution in [2.75, 3.05) is 0 Å². The summed E-state index contributed by atoms with van der Waals surface area (Å²) in [5, 5.41) is 6.55. The fraction of sp³-hybridized carbons (Fsp3) is 0.417. The molecule has 16 heavy (non-hydrogen) atoms. The van der Waals surface area contributed by atoms with Crippen LogP contribution in [0.2, 0.25) is 0 Å². The zero-order chi connectivity index (χ0) is 11.7. The van der Waals surface area contributed by atoms with E-state index in [1.165, 1.54) is 10.4 Å². The van der Waals surface area contributed by atoms with Crippen LogP contribution in [-0.4, -0.2) is 9.78 Å². The quantitative estimate of drug-likeness (QED) is 0.888. The van der Waals surface area contributed by atoms with Crippen molar-refractivity contribution >= 4 is 11.3 Å². The zero-order valence-electron chi connectivity index (χ0n) is 9.90. The summed E-state index contributed by atoms with van der Waals surface area (Å²) in [5.41, 5.74) is 9.57. The van der Waals surface area contributed by atoms with E-state index in [1.54, 1.807) is 11.3 Å². The van der Waals surface area contributed by atoms with Gasteiger partial charge >= 0.3 is 0 Å². The minimum absolute atomic E-state index is 0.0638. The molecular formula is C12H17N3S. The summed E-state index contributed by atoms with van der Waals surface area (Å²) in [6.45, 7) is 7.05. The van der Waals surface area contributed by atoms with Crippen molar-refractivity contribution in [3.05, 3.63) is 39.3 Å². The normalized spacial score (nSPS) is 13.0. The number of nitrogens with zero attached hydrogens (tertiary/aromatic N) is 2. The average Bonchev–Trinajstić information content (AvgIpc) is 2.83. The van der Waals surface area contributed by atoms with Crippen LogP contribution in [0.15, 0.2) is 17.5 Å².